The minimum Gasteiger partial charge on any atom is -0.383 e. The van der Waals surface area contributed by atoms with Gasteiger partial charge < -0.3 is 21.4 Å². The number of rotatable bonds is 7. The van der Waals surface area contributed by atoms with Gasteiger partial charge in [-0.1, -0.05) is 55.7 Å². The third kappa shape index (κ3) is 8.85. The van der Waals surface area contributed by atoms with Crippen molar-refractivity contribution in [2.75, 3.05) is 30.8 Å². The molecule has 0 aliphatic heterocycles. The van der Waals surface area contributed by atoms with Crippen molar-refractivity contribution in [1.82, 2.24) is 5.32 Å². The van der Waals surface area contributed by atoms with Gasteiger partial charge in [0.05, 0.1) is 0 Å². The topological polar surface area (TPSA) is 59.9 Å². The second kappa shape index (κ2) is 15.2. The molecule has 29 heavy (non-hydrogen) atoms. The van der Waals surface area contributed by atoms with Crippen LogP contribution in [0.4, 0.5) is 11.4 Å². The minimum absolute atomic E-state index is 0.631. The van der Waals surface area contributed by atoms with Crippen molar-refractivity contribution >= 4 is 17.6 Å². The van der Waals surface area contributed by atoms with Crippen molar-refractivity contribution < 1.29 is 0 Å². The molecule has 0 saturated heterocycles. The molecule has 0 bridgehead atoms. The molecule has 0 radical (unpaired) electrons. The van der Waals surface area contributed by atoms with Crippen LogP contribution in [0, 0.1) is 18.3 Å². The fraction of sp³-hybridized carbons (Fsp3) is 0.400. The zero-order chi connectivity index (χ0) is 21.3. The maximum Gasteiger partial charge on any atom is 0.0441 e. The molecule has 0 aromatic heterocycles. The first-order chi connectivity index (χ1) is 14.3. The number of hydrogen-bond acceptors (Lipinski definition) is 4. The summed E-state index contributed by atoms with van der Waals surface area (Å²) in [7, 11) is 1.99. The van der Waals surface area contributed by atoms with Crippen LogP contribution in [0.5, 0.6) is 0 Å². The number of hydrogen-bond donors (Lipinski definition) is 4. The van der Waals surface area contributed by atoms with Crippen molar-refractivity contribution in [2.45, 2.75) is 45.1 Å². The molecule has 0 atom stereocenters. The minimum atomic E-state index is 0.631. The molecule has 0 amide bonds. The summed E-state index contributed by atoms with van der Waals surface area (Å²) in [5.74, 6) is 0. The Balaban J connectivity index is 0.000000771. The van der Waals surface area contributed by atoms with Gasteiger partial charge in [0.2, 0.25) is 0 Å². The Morgan fingerprint density at radius 3 is 2.28 bits per heavy atom. The van der Waals surface area contributed by atoms with Crippen LogP contribution < -0.4 is 16.0 Å². The Labute approximate surface area is 177 Å². The normalized spacial score (nSPS) is 13.1. The lowest BCUT2D eigenvalue weighted by Gasteiger charge is -2.24. The lowest BCUT2D eigenvalue weighted by Crippen LogP contribution is -2.22. The van der Waals surface area contributed by atoms with E-state index in [1.165, 1.54) is 60.8 Å². The van der Waals surface area contributed by atoms with Crippen LogP contribution >= 0.6 is 0 Å². The van der Waals surface area contributed by atoms with E-state index in [2.05, 4.69) is 77.3 Å². The Morgan fingerprint density at radius 2 is 1.66 bits per heavy atom. The summed E-state index contributed by atoms with van der Waals surface area (Å²) in [6.07, 6.45) is 15.9. The fourth-order valence-electron chi connectivity index (χ4n) is 3.45. The SMILES string of the molecule is C#C.CC=N.CNCCNc1cc(NC2CCCCC2)ccc1-c1ccccc1. The van der Waals surface area contributed by atoms with Gasteiger partial charge in [0.15, 0.2) is 0 Å². The number of anilines is 2. The van der Waals surface area contributed by atoms with Crippen molar-refractivity contribution in [3.8, 4) is 24.0 Å². The molecular weight excluding hydrogens is 356 g/mol. The van der Waals surface area contributed by atoms with Gasteiger partial charge in [-0.2, -0.15) is 0 Å². The summed E-state index contributed by atoms with van der Waals surface area (Å²) < 4.78 is 0. The molecular formula is C25H36N4. The van der Waals surface area contributed by atoms with E-state index in [0.29, 0.717) is 6.04 Å². The van der Waals surface area contributed by atoms with Gasteiger partial charge >= 0.3 is 0 Å². The number of likely N-dealkylation sites (N-methyl/N-ethyl adjacent to an activating group) is 1. The van der Waals surface area contributed by atoms with E-state index in [1.54, 1.807) is 6.92 Å². The first-order valence-electron chi connectivity index (χ1n) is 10.4. The number of benzene rings is 2. The highest BCUT2D eigenvalue weighted by Crippen LogP contribution is 2.31. The van der Waals surface area contributed by atoms with E-state index < -0.39 is 0 Å². The predicted octanol–water partition coefficient (Wildman–Crippen LogP) is 5.63. The van der Waals surface area contributed by atoms with Crippen molar-refractivity contribution in [3.05, 3.63) is 48.5 Å². The third-order valence-electron chi connectivity index (χ3n) is 4.77. The first kappa shape index (κ1) is 24.3. The smallest absolute Gasteiger partial charge is 0.0441 e. The maximum absolute atomic E-state index is 6.08. The van der Waals surface area contributed by atoms with E-state index in [1.807, 2.05) is 7.05 Å². The molecule has 4 N–H and O–H groups in total. The van der Waals surface area contributed by atoms with E-state index in [9.17, 15) is 0 Å². The van der Waals surface area contributed by atoms with Crippen LogP contribution in [0.15, 0.2) is 48.5 Å². The highest BCUT2D eigenvalue weighted by atomic mass is 14.9. The summed E-state index contributed by atoms with van der Waals surface area (Å²) in [5, 5.41) is 16.6. The first-order valence-corrected chi connectivity index (χ1v) is 10.4. The Kier molecular flexibility index (Phi) is 12.7. The summed E-state index contributed by atoms with van der Waals surface area (Å²) >= 11 is 0. The third-order valence-corrected chi connectivity index (χ3v) is 4.77. The van der Waals surface area contributed by atoms with Gasteiger partial charge in [-0.15, -0.1) is 12.8 Å². The highest BCUT2D eigenvalue weighted by Gasteiger charge is 2.14. The van der Waals surface area contributed by atoms with Gasteiger partial charge in [0.25, 0.3) is 0 Å². The monoisotopic (exact) mass is 392 g/mol. The molecule has 0 spiro atoms. The molecule has 2 aromatic rings. The van der Waals surface area contributed by atoms with E-state index >= 15 is 0 Å². The molecule has 1 saturated carbocycles. The largest absolute Gasteiger partial charge is 0.383 e. The van der Waals surface area contributed by atoms with Gasteiger partial charge in [0.1, 0.15) is 0 Å². The van der Waals surface area contributed by atoms with Crippen LogP contribution in [-0.2, 0) is 0 Å². The second-order valence-corrected chi connectivity index (χ2v) is 6.92. The molecule has 3 rings (SSSR count). The average molecular weight is 393 g/mol. The number of terminal acetylenes is 1. The van der Waals surface area contributed by atoms with Crippen LogP contribution in [-0.4, -0.2) is 32.4 Å². The molecule has 156 valence electrons. The fourth-order valence-corrected chi connectivity index (χ4v) is 3.45. The van der Waals surface area contributed by atoms with Crippen LogP contribution in [0.3, 0.4) is 0 Å². The van der Waals surface area contributed by atoms with Crippen LogP contribution in [0.1, 0.15) is 39.0 Å². The average Bonchev–Trinajstić information content (AvgIpc) is 2.77. The molecule has 4 heteroatoms. The van der Waals surface area contributed by atoms with Gasteiger partial charge in [0, 0.05) is 36.1 Å². The zero-order valence-corrected chi connectivity index (χ0v) is 17.9. The van der Waals surface area contributed by atoms with E-state index in [-0.39, 0.29) is 0 Å². The van der Waals surface area contributed by atoms with Crippen LogP contribution in [0.25, 0.3) is 11.1 Å². The Morgan fingerprint density at radius 1 is 1.00 bits per heavy atom. The van der Waals surface area contributed by atoms with E-state index in [4.69, 9.17) is 5.41 Å². The van der Waals surface area contributed by atoms with Gasteiger partial charge in [-0.05, 0) is 50.7 Å². The summed E-state index contributed by atoms with van der Waals surface area (Å²) in [6, 6.07) is 18.0. The summed E-state index contributed by atoms with van der Waals surface area (Å²) in [5.41, 5.74) is 4.96. The zero-order valence-electron chi connectivity index (χ0n) is 17.9. The second-order valence-electron chi connectivity index (χ2n) is 6.92. The standard InChI is InChI=1S/C21H29N3.C2H5N.C2H2/c1-22-14-15-23-21-16-19(24-18-10-6-3-7-11-18)12-13-20(21)17-8-4-2-5-9-17;1-2-3;1-2/h2,4-5,8-9,12-13,16,18,22-24H,3,6-7,10-11,14-15H2,1H3;2-3H,1H3;1-2H. The lowest BCUT2D eigenvalue weighted by molar-refractivity contribution is 0.463. The summed E-state index contributed by atoms with van der Waals surface area (Å²) in [6.45, 7) is 3.54. The number of nitrogens with one attached hydrogen (secondary N) is 4. The summed E-state index contributed by atoms with van der Waals surface area (Å²) in [4.78, 5) is 0. The quantitative estimate of drug-likeness (QED) is 0.280. The molecule has 0 heterocycles. The maximum atomic E-state index is 6.08. The molecule has 2 aromatic carbocycles. The molecule has 1 fully saturated rings. The molecule has 1 aliphatic carbocycles. The Hall–Kier alpha value is -2.77. The van der Waals surface area contributed by atoms with Crippen molar-refractivity contribution in [3.63, 3.8) is 0 Å². The highest BCUT2D eigenvalue weighted by molar-refractivity contribution is 5.80. The van der Waals surface area contributed by atoms with Crippen molar-refractivity contribution in [1.29, 1.82) is 5.41 Å². The molecule has 4 nitrogen and oxygen atoms in total. The van der Waals surface area contributed by atoms with Crippen LogP contribution in [0.2, 0.25) is 0 Å². The Bertz CT molecular complexity index is 703. The van der Waals surface area contributed by atoms with Gasteiger partial charge in [-0.25, -0.2) is 0 Å². The van der Waals surface area contributed by atoms with Gasteiger partial charge in [-0.3, -0.25) is 0 Å². The predicted molar refractivity (Wildman–Crippen MR) is 129 cm³/mol. The lowest BCUT2D eigenvalue weighted by atomic mass is 9.95. The molecule has 0 unspecified atom stereocenters. The molecule has 1 aliphatic rings. The van der Waals surface area contributed by atoms with E-state index in [0.717, 1.165) is 13.1 Å². The van der Waals surface area contributed by atoms with Crippen molar-refractivity contribution in [2.24, 2.45) is 0 Å².